The van der Waals surface area contributed by atoms with Crippen molar-refractivity contribution in [2.24, 2.45) is 0 Å². The fraction of sp³-hybridized carbons (Fsp3) is 0.100. The van der Waals surface area contributed by atoms with Crippen LogP contribution in [-0.2, 0) is 0 Å². The molecular weight excluding hydrogens is 178 g/mol. The molecule has 1 aromatic carbocycles. The van der Waals surface area contributed by atoms with Crippen LogP contribution in [0.5, 0.6) is 0 Å². The average Bonchev–Trinajstić information content (AvgIpc) is 2.65. The standard InChI is InChI=1S/C10H7N3O/c1-7-12-10(14-13-7)9-5-3-2-4-8(9)6-11/h2-5H,1H3. The molecule has 0 amide bonds. The number of hydrogen-bond acceptors (Lipinski definition) is 4. The van der Waals surface area contributed by atoms with Crippen LogP contribution in [0.1, 0.15) is 11.4 Å². The van der Waals surface area contributed by atoms with Crippen molar-refractivity contribution in [2.45, 2.75) is 6.92 Å². The Balaban J connectivity index is 2.57. The van der Waals surface area contributed by atoms with Gasteiger partial charge in [0.2, 0.25) is 0 Å². The maximum absolute atomic E-state index is 8.85. The summed E-state index contributed by atoms with van der Waals surface area (Å²) in [7, 11) is 0. The highest BCUT2D eigenvalue weighted by Gasteiger charge is 2.09. The molecule has 68 valence electrons. The van der Waals surface area contributed by atoms with Gasteiger partial charge in [0.15, 0.2) is 5.82 Å². The molecule has 4 nitrogen and oxygen atoms in total. The SMILES string of the molecule is Cc1noc(-c2ccccc2C#N)n1. The number of rotatable bonds is 1. The summed E-state index contributed by atoms with van der Waals surface area (Å²) in [6, 6.07) is 9.20. The molecule has 0 radical (unpaired) electrons. The van der Waals surface area contributed by atoms with E-state index in [0.29, 0.717) is 22.8 Å². The maximum atomic E-state index is 8.85. The Labute approximate surface area is 80.8 Å². The van der Waals surface area contributed by atoms with Crippen molar-refractivity contribution in [2.75, 3.05) is 0 Å². The fourth-order valence-corrected chi connectivity index (χ4v) is 1.17. The lowest BCUT2D eigenvalue weighted by atomic mass is 10.1. The first-order valence-corrected chi connectivity index (χ1v) is 4.11. The number of nitrogens with zero attached hydrogens (tertiary/aromatic N) is 3. The van der Waals surface area contributed by atoms with E-state index in [1.165, 1.54) is 0 Å². The molecule has 0 aliphatic heterocycles. The van der Waals surface area contributed by atoms with Crippen LogP contribution in [0.15, 0.2) is 28.8 Å². The molecule has 0 fully saturated rings. The smallest absolute Gasteiger partial charge is 0.259 e. The first-order chi connectivity index (χ1) is 6.81. The zero-order valence-corrected chi connectivity index (χ0v) is 7.56. The van der Waals surface area contributed by atoms with Crippen LogP contribution >= 0.6 is 0 Å². The van der Waals surface area contributed by atoms with Gasteiger partial charge in [-0.15, -0.1) is 0 Å². The summed E-state index contributed by atoms with van der Waals surface area (Å²) in [6.45, 7) is 1.74. The normalized spacial score (nSPS) is 9.71. The first kappa shape index (κ1) is 8.45. The lowest BCUT2D eigenvalue weighted by Gasteiger charge is -1.95. The minimum atomic E-state index is 0.389. The van der Waals surface area contributed by atoms with Gasteiger partial charge in [0.1, 0.15) is 0 Å². The molecule has 0 aliphatic rings. The van der Waals surface area contributed by atoms with E-state index in [1.807, 2.05) is 6.07 Å². The van der Waals surface area contributed by atoms with Gasteiger partial charge in [0.05, 0.1) is 17.2 Å². The molecule has 0 spiro atoms. The summed E-state index contributed by atoms with van der Waals surface area (Å²) >= 11 is 0. The molecule has 0 N–H and O–H groups in total. The first-order valence-electron chi connectivity index (χ1n) is 4.11. The molecule has 0 atom stereocenters. The summed E-state index contributed by atoms with van der Waals surface area (Å²) in [5.74, 6) is 0.951. The van der Waals surface area contributed by atoms with Crippen molar-refractivity contribution in [3.63, 3.8) is 0 Å². The van der Waals surface area contributed by atoms with E-state index in [1.54, 1.807) is 25.1 Å². The molecule has 0 saturated heterocycles. The molecule has 1 aromatic heterocycles. The highest BCUT2D eigenvalue weighted by atomic mass is 16.5. The third kappa shape index (κ3) is 1.36. The van der Waals surface area contributed by atoms with Crippen LogP contribution in [0, 0.1) is 18.3 Å². The van der Waals surface area contributed by atoms with Crippen LogP contribution in [0.3, 0.4) is 0 Å². The lowest BCUT2D eigenvalue weighted by Crippen LogP contribution is -1.83. The van der Waals surface area contributed by atoms with E-state index >= 15 is 0 Å². The van der Waals surface area contributed by atoms with Crippen molar-refractivity contribution in [1.29, 1.82) is 5.26 Å². The van der Waals surface area contributed by atoms with Crippen molar-refractivity contribution >= 4 is 0 Å². The fourth-order valence-electron chi connectivity index (χ4n) is 1.17. The Hall–Kier alpha value is -2.15. The Bertz CT molecular complexity index is 496. The average molecular weight is 185 g/mol. The summed E-state index contributed by atoms with van der Waals surface area (Å²) in [5, 5.41) is 12.5. The van der Waals surface area contributed by atoms with Gasteiger partial charge in [0.25, 0.3) is 5.89 Å². The molecule has 1 heterocycles. The molecule has 2 aromatic rings. The topological polar surface area (TPSA) is 62.7 Å². The minimum Gasteiger partial charge on any atom is -0.334 e. The van der Waals surface area contributed by atoms with Crippen molar-refractivity contribution in [1.82, 2.24) is 10.1 Å². The molecule has 0 aliphatic carbocycles. The summed E-state index contributed by atoms with van der Waals surface area (Å²) in [5.41, 5.74) is 1.21. The van der Waals surface area contributed by atoms with E-state index in [4.69, 9.17) is 9.78 Å². The highest BCUT2D eigenvalue weighted by molar-refractivity contribution is 5.62. The van der Waals surface area contributed by atoms with Gasteiger partial charge >= 0.3 is 0 Å². The summed E-state index contributed by atoms with van der Waals surface area (Å²) < 4.78 is 4.98. The van der Waals surface area contributed by atoms with E-state index in [0.717, 1.165) is 0 Å². The Morgan fingerprint density at radius 1 is 1.36 bits per heavy atom. The molecule has 4 heteroatoms. The Morgan fingerprint density at radius 3 is 2.79 bits per heavy atom. The summed E-state index contributed by atoms with van der Waals surface area (Å²) in [6.07, 6.45) is 0. The van der Waals surface area contributed by atoms with Gasteiger partial charge in [-0.05, 0) is 19.1 Å². The third-order valence-electron chi connectivity index (χ3n) is 1.81. The van der Waals surface area contributed by atoms with Gasteiger partial charge in [0, 0.05) is 0 Å². The van der Waals surface area contributed by atoms with Gasteiger partial charge in [-0.3, -0.25) is 0 Å². The van der Waals surface area contributed by atoms with Crippen molar-refractivity contribution in [3.8, 4) is 17.5 Å². The number of aromatic nitrogens is 2. The van der Waals surface area contributed by atoms with Crippen LogP contribution in [0.4, 0.5) is 0 Å². The number of hydrogen-bond donors (Lipinski definition) is 0. The van der Waals surface area contributed by atoms with Crippen molar-refractivity contribution < 1.29 is 4.52 Å². The lowest BCUT2D eigenvalue weighted by molar-refractivity contribution is 0.425. The van der Waals surface area contributed by atoms with E-state index in [2.05, 4.69) is 16.2 Å². The molecular formula is C10H7N3O. The maximum Gasteiger partial charge on any atom is 0.259 e. The van der Waals surface area contributed by atoms with Gasteiger partial charge < -0.3 is 4.52 Å². The molecule has 0 unspecified atom stereocenters. The van der Waals surface area contributed by atoms with Crippen LogP contribution in [-0.4, -0.2) is 10.1 Å². The zero-order chi connectivity index (χ0) is 9.97. The van der Waals surface area contributed by atoms with E-state index < -0.39 is 0 Å². The zero-order valence-electron chi connectivity index (χ0n) is 7.56. The highest BCUT2D eigenvalue weighted by Crippen LogP contribution is 2.20. The monoisotopic (exact) mass is 185 g/mol. The molecule has 2 rings (SSSR count). The quantitative estimate of drug-likeness (QED) is 0.680. The molecule has 0 bridgehead atoms. The van der Waals surface area contributed by atoms with Gasteiger partial charge in [-0.25, -0.2) is 0 Å². The molecule has 0 saturated carbocycles. The predicted octanol–water partition coefficient (Wildman–Crippen LogP) is 1.92. The van der Waals surface area contributed by atoms with Gasteiger partial charge in [-0.1, -0.05) is 17.3 Å². The van der Waals surface area contributed by atoms with E-state index in [-0.39, 0.29) is 0 Å². The Kier molecular flexibility index (Phi) is 1.99. The second kappa shape index (κ2) is 3.30. The summed E-state index contributed by atoms with van der Waals surface area (Å²) in [4.78, 5) is 4.06. The predicted molar refractivity (Wildman–Crippen MR) is 49.2 cm³/mol. The Morgan fingerprint density at radius 2 is 2.14 bits per heavy atom. The second-order valence-corrected chi connectivity index (χ2v) is 2.80. The van der Waals surface area contributed by atoms with Crippen LogP contribution in [0.2, 0.25) is 0 Å². The van der Waals surface area contributed by atoms with Gasteiger partial charge in [-0.2, -0.15) is 10.2 Å². The van der Waals surface area contributed by atoms with Crippen molar-refractivity contribution in [3.05, 3.63) is 35.7 Å². The number of benzene rings is 1. The molecule has 14 heavy (non-hydrogen) atoms. The van der Waals surface area contributed by atoms with E-state index in [9.17, 15) is 0 Å². The second-order valence-electron chi connectivity index (χ2n) is 2.80. The largest absolute Gasteiger partial charge is 0.334 e. The third-order valence-corrected chi connectivity index (χ3v) is 1.81. The number of aryl methyl sites for hydroxylation is 1. The number of nitriles is 1. The van der Waals surface area contributed by atoms with Crippen LogP contribution < -0.4 is 0 Å². The van der Waals surface area contributed by atoms with Crippen LogP contribution in [0.25, 0.3) is 11.5 Å². The minimum absolute atomic E-state index is 0.389.